The summed E-state index contributed by atoms with van der Waals surface area (Å²) in [7, 11) is 0. The largest absolute Gasteiger partial charge is 0.326 e. The molecule has 0 spiro atoms. The van der Waals surface area contributed by atoms with E-state index in [0.717, 1.165) is 11.3 Å². The van der Waals surface area contributed by atoms with Crippen LogP contribution in [0.1, 0.15) is 12.0 Å². The number of hydrogen-bond donors (Lipinski definition) is 3. The number of guanidine groups is 1. The Morgan fingerprint density at radius 1 is 1.20 bits per heavy atom. The molecule has 0 bridgehead atoms. The van der Waals surface area contributed by atoms with Crippen molar-refractivity contribution in [3.8, 4) is 0 Å². The zero-order valence-electron chi connectivity index (χ0n) is 13.5. The number of nitrogens with zero attached hydrogens (tertiary/aromatic N) is 1. The van der Waals surface area contributed by atoms with Crippen LogP contribution >= 0.6 is 11.6 Å². The molecule has 1 heterocycles. The smallest absolute Gasteiger partial charge is 0.249 e. The molecule has 0 aromatic heterocycles. The molecular formula is C18H17ClN4O2. The number of carbonyl (C=O) groups is 2. The van der Waals surface area contributed by atoms with Crippen LogP contribution in [0.3, 0.4) is 0 Å². The van der Waals surface area contributed by atoms with Crippen LogP contribution in [-0.2, 0) is 9.59 Å². The van der Waals surface area contributed by atoms with Gasteiger partial charge in [-0.3, -0.25) is 14.9 Å². The summed E-state index contributed by atoms with van der Waals surface area (Å²) in [6.07, 6.45) is -0.00852. The third-order valence-corrected chi connectivity index (χ3v) is 4.20. The second kappa shape index (κ2) is 7.36. The first-order valence-corrected chi connectivity index (χ1v) is 8.16. The van der Waals surface area contributed by atoms with Crippen LogP contribution in [-0.4, -0.2) is 23.8 Å². The third kappa shape index (κ3) is 4.16. The molecular weight excluding hydrogens is 340 g/mol. The average Bonchev–Trinajstić information content (AvgIpc) is 2.59. The fourth-order valence-electron chi connectivity index (χ4n) is 2.42. The van der Waals surface area contributed by atoms with Gasteiger partial charge in [-0.25, -0.2) is 4.99 Å². The lowest BCUT2D eigenvalue weighted by Gasteiger charge is -2.21. The molecule has 0 saturated carbocycles. The number of nitrogens with one attached hydrogen (secondary N) is 3. The van der Waals surface area contributed by atoms with E-state index in [1.165, 1.54) is 0 Å². The van der Waals surface area contributed by atoms with Crippen molar-refractivity contribution >= 4 is 40.7 Å². The average molecular weight is 357 g/mol. The minimum atomic E-state index is -0.807. The highest BCUT2D eigenvalue weighted by molar-refractivity contribution is 6.31. The molecule has 1 aliphatic heterocycles. The molecule has 3 N–H and O–H groups in total. The van der Waals surface area contributed by atoms with Gasteiger partial charge in [0.25, 0.3) is 0 Å². The van der Waals surface area contributed by atoms with Gasteiger partial charge >= 0.3 is 0 Å². The van der Waals surface area contributed by atoms with Crippen LogP contribution in [0.5, 0.6) is 0 Å². The maximum Gasteiger partial charge on any atom is 0.249 e. The van der Waals surface area contributed by atoms with E-state index in [4.69, 9.17) is 11.6 Å². The molecule has 6 nitrogen and oxygen atoms in total. The normalized spacial score (nSPS) is 16.6. The van der Waals surface area contributed by atoms with E-state index in [9.17, 15) is 9.59 Å². The molecule has 0 saturated heterocycles. The molecule has 7 heteroatoms. The predicted molar refractivity (Wildman–Crippen MR) is 98.9 cm³/mol. The molecule has 0 radical (unpaired) electrons. The van der Waals surface area contributed by atoms with E-state index in [2.05, 4.69) is 20.9 Å². The SMILES string of the molecule is Cc1c(Cl)cccc1NC(=O)C1CC(=O)NC(Nc2ccccc2)=N1. The first-order chi connectivity index (χ1) is 12.0. The Labute approximate surface area is 150 Å². The van der Waals surface area contributed by atoms with E-state index in [1.807, 2.05) is 37.3 Å². The standard InChI is InChI=1S/C18H17ClN4O2/c1-11-13(19)8-5-9-14(11)21-17(25)15-10-16(24)23-18(22-15)20-12-6-3-2-4-7-12/h2-9,15H,10H2,1H3,(H,21,25)(H2,20,22,23,24). The maximum absolute atomic E-state index is 12.5. The number of rotatable bonds is 3. The monoisotopic (exact) mass is 356 g/mol. The fourth-order valence-corrected chi connectivity index (χ4v) is 2.60. The highest BCUT2D eigenvalue weighted by Crippen LogP contribution is 2.23. The van der Waals surface area contributed by atoms with Crippen LogP contribution in [0.4, 0.5) is 11.4 Å². The van der Waals surface area contributed by atoms with Crippen molar-refractivity contribution in [3.63, 3.8) is 0 Å². The zero-order valence-corrected chi connectivity index (χ0v) is 14.3. The van der Waals surface area contributed by atoms with Gasteiger partial charge < -0.3 is 10.6 Å². The second-order valence-electron chi connectivity index (χ2n) is 5.64. The van der Waals surface area contributed by atoms with Gasteiger partial charge in [-0.1, -0.05) is 35.9 Å². The Hall–Kier alpha value is -2.86. The number of amides is 2. The van der Waals surface area contributed by atoms with Gasteiger partial charge in [0.15, 0.2) is 0 Å². The van der Waals surface area contributed by atoms with Gasteiger partial charge in [0.1, 0.15) is 6.04 Å². The van der Waals surface area contributed by atoms with Crippen molar-refractivity contribution in [1.82, 2.24) is 5.32 Å². The van der Waals surface area contributed by atoms with Gasteiger partial charge in [-0.15, -0.1) is 0 Å². The van der Waals surface area contributed by atoms with Gasteiger partial charge in [0, 0.05) is 16.4 Å². The molecule has 128 valence electrons. The van der Waals surface area contributed by atoms with Crippen LogP contribution in [0, 0.1) is 6.92 Å². The first-order valence-electron chi connectivity index (χ1n) is 7.78. The van der Waals surface area contributed by atoms with Crippen LogP contribution in [0.15, 0.2) is 53.5 Å². The summed E-state index contributed by atoms with van der Waals surface area (Å²) in [5.41, 5.74) is 2.15. The molecule has 0 fully saturated rings. The summed E-state index contributed by atoms with van der Waals surface area (Å²) < 4.78 is 0. The van der Waals surface area contributed by atoms with Gasteiger partial charge in [-0.2, -0.15) is 0 Å². The summed E-state index contributed by atoms with van der Waals surface area (Å²) in [4.78, 5) is 28.7. The summed E-state index contributed by atoms with van der Waals surface area (Å²) in [5.74, 6) is -0.366. The van der Waals surface area contributed by atoms with E-state index >= 15 is 0 Å². The summed E-state index contributed by atoms with van der Waals surface area (Å²) in [6.45, 7) is 1.82. The van der Waals surface area contributed by atoms with Crippen molar-refractivity contribution in [2.75, 3.05) is 10.6 Å². The predicted octanol–water partition coefficient (Wildman–Crippen LogP) is 2.94. The molecule has 1 aliphatic rings. The van der Waals surface area contributed by atoms with Crippen LogP contribution in [0.25, 0.3) is 0 Å². The molecule has 1 unspecified atom stereocenters. The van der Waals surface area contributed by atoms with E-state index in [-0.39, 0.29) is 24.2 Å². The van der Waals surface area contributed by atoms with Crippen molar-refractivity contribution in [1.29, 1.82) is 0 Å². The summed E-state index contributed by atoms with van der Waals surface area (Å²) in [5, 5.41) is 8.98. The van der Waals surface area contributed by atoms with E-state index < -0.39 is 6.04 Å². The fraction of sp³-hybridized carbons (Fsp3) is 0.167. The topological polar surface area (TPSA) is 82.6 Å². The molecule has 2 amide bonds. The van der Waals surface area contributed by atoms with E-state index in [0.29, 0.717) is 10.7 Å². The Morgan fingerprint density at radius 3 is 2.72 bits per heavy atom. The molecule has 0 aliphatic carbocycles. The quantitative estimate of drug-likeness (QED) is 0.790. The molecule has 2 aromatic carbocycles. The maximum atomic E-state index is 12.5. The first kappa shape index (κ1) is 17.0. The number of hydrogen-bond acceptors (Lipinski definition) is 4. The Bertz CT molecular complexity index is 836. The molecule has 2 aromatic rings. The van der Waals surface area contributed by atoms with Gasteiger partial charge in [-0.05, 0) is 36.8 Å². The van der Waals surface area contributed by atoms with Crippen LogP contribution in [0.2, 0.25) is 5.02 Å². The number of anilines is 2. The van der Waals surface area contributed by atoms with Crippen LogP contribution < -0.4 is 16.0 Å². The minimum Gasteiger partial charge on any atom is -0.326 e. The second-order valence-corrected chi connectivity index (χ2v) is 6.05. The van der Waals surface area contributed by atoms with Gasteiger partial charge in [0.2, 0.25) is 17.8 Å². The highest BCUT2D eigenvalue weighted by Gasteiger charge is 2.27. The number of para-hydroxylation sites is 1. The van der Waals surface area contributed by atoms with Crippen molar-refractivity contribution < 1.29 is 9.59 Å². The van der Waals surface area contributed by atoms with Crippen molar-refractivity contribution in [2.45, 2.75) is 19.4 Å². The minimum absolute atomic E-state index is 0.00852. The lowest BCUT2D eigenvalue weighted by molar-refractivity contribution is -0.124. The highest BCUT2D eigenvalue weighted by atomic mass is 35.5. The number of benzene rings is 2. The molecule has 25 heavy (non-hydrogen) atoms. The lowest BCUT2D eigenvalue weighted by Crippen LogP contribution is -2.45. The van der Waals surface area contributed by atoms with Crippen molar-refractivity contribution in [2.24, 2.45) is 4.99 Å². The van der Waals surface area contributed by atoms with Crippen molar-refractivity contribution in [3.05, 3.63) is 59.1 Å². The number of halogens is 1. The third-order valence-electron chi connectivity index (χ3n) is 3.79. The molecule has 3 rings (SSSR count). The van der Waals surface area contributed by atoms with E-state index in [1.54, 1.807) is 18.2 Å². The zero-order chi connectivity index (χ0) is 17.8. The lowest BCUT2D eigenvalue weighted by atomic mass is 10.1. The Kier molecular flexibility index (Phi) is 5.00. The summed E-state index contributed by atoms with van der Waals surface area (Å²) in [6, 6.07) is 13.7. The van der Waals surface area contributed by atoms with Gasteiger partial charge in [0.05, 0.1) is 6.42 Å². The Balaban J connectivity index is 1.76. The molecule has 1 atom stereocenters. The summed E-state index contributed by atoms with van der Waals surface area (Å²) >= 11 is 6.07. The number of aliphatic imine (C=N–C) groups is 1. The Morgan fingerprint density at radius 2 is 1.96 bits per heavy atom. The number of carbonyl (C=O) groups excluding carboxylic acids is 2.